The normalized spacial score (nSPS) is 21.5. The van der Waals surface area contributed by atoms with Gasteiger partial charge in [-0.1, -0.05) is 0 Å². The molecule has 1 aliphatic carbocycles. The number of rotatable bonds is 5. The summed E-state index contributed by atoms with van der Waals surface area (Å²) in [7, 11) is -3.37. The van der Waals surface area contributed by atoms with Crippen molar-refractivity contribution in [3.63, 3.8) is 0 Å². The Morgan fingerprint density at radius 1 is 1.29 bits per heavy atom. The van der Waals surface area contributed by atoms with Gasteiger partial charge in [-0.3, -0.25) is 4.79 Å². The number of amides is 1. The highest BCUT2D eigenvalue weighted by Crippen LogP contribution is 2.29. The molecule has 0 unspecified atom stereocenters. The molecule has 0 saturated heterocycles. The van der Waals surface area contributed by atoms with Crippen LogP contribution < -0.4 is 16.4 Å². The van der Waals surface area contributed by atoms with Gasteiger partial charge in [-0.15, -0.1) is 0 Å². The Bertz CT molecular complexity index is 695. The Hall–Kier alpha value is -1.83. The van der Waals surface area contributed by atoms with Crippen molar-refractivity contribution in [2.24, 2.45) is 5.92 Å². The zero-order chi connectivity index (χ0) is 17.9. The van der Waals surface area contributed by atoms with E-state index in [2.05, 4.69) is 15.6 Å². The van der Waals surface area contributed by atoms with Crippen LogP contribution in [0.5, 0.6) is 0 Å². The summed E-state index contributed by atoms with van der Waals surface area (Å²) >= 11 is 0. The average molecular weight is 354 g/mol. The molecule has 1 fully saturated rings. The number of nitrogens with two attached hydrogens (primary N) is 1. The molecule has 0 atom stereocenters. The van der Waals surface area contributed by atoms with Gasteiger partial charge >= 0.3 is 0 Å². The summed E-state index contributed by atoms with van der Waals surface area (Å²) in [6.07, 6.45) is 5.77. The van der Waals surface area contributed by atoms with Crippen molar-refractivity contribution in [1.82, 2.24) is 10.3 Å². The lowest BCUT2D eigenvalue weighted by atomic mass is 9.85. The molecule has 134 valence electrons. The molecule has 1 aromatic heterocycles. The van der Waals surface area contributed by atoms with Gasteiger partial charge in [0, 0.05) is 30.3 Å². The Morgan fingerprint density at radius 3 is 2.46 bits per heavy atom. The van der Waals surface area contributed by atoms with Crippen LogP contribution in [0.4, 0.5) is 11.4 Å². The fraction of sp³-hybridized carbons (Fsp3) is 0.625. The maximum absolute atomic E-state index is 12.1. The second-order valence-corrected chi connectivity index (χ2v) is 8.70. The third kappa shape index (κ3) is 4.83. The maximum atomic E-state index is 12.1. The van der Waals surface area contributed by atoms with Crippen molar-refractivity contribution >= 4 is 27.1 Å². The molecule has 4 N–H and O–H groups in total. The number of pyridine rings is 1. The van der Waals surface area contributed by atoms with Gasteiger partial charge in [-0.2, -0.15) is 0 Å². The van der Waals surface area contributed by atoms with E-state index in [4.69, 9.17) is 5.73 Å². The van der Waals surface area contributed by atoms with E-state index >= 15 is 0 Å². The summed E-state index contributed by atoms with van der Waals surface area (Å²) in [4.78, 5) is 15.9. The fourth-order valence-electron chi connectivity index (χ4n) is 2.90. The summed E-state index contributed by atoms with van der Waals surface area (Å²) < 4.78 is 23.2. The second kappa shape index (κ2) is 7.38. The molecular formula is C16H26N4O3S. The third-order valence-corrected chi connectivity index (χ3v) is 5.16. The van der Waals surface area contributed by atoms with Gasteiger partial charge in [0.2, 0.25) is 5.91 Å². The van der Waals surface area contributed by atoms with Crippen LogP contribution in [-0.4, -0.2) is 37.6 Å². The zero-order valence-corrected chi connectivity index (χ0v) is 15.2. The quantitative estimate of drug-likeness (QED) is 0.739. The summed E-state index contributed by atoms with van der Waals surface area (Å²) in [6.45, 7) is 3.91. The Morgan fingerprint density at radius 2 is 1.92 bits per heavy atom. The molecule has 8 heteroatoms. The number of carbonyl (C=O) groups is 1. The molecule has 1 saturated carbocycles. The van der Waals surface area contributed by atoms with Crippen LogP contribution in [0.1, 0.15) is 39.5 Å². The van der Waals surface area contributed by atoms with Crippen LogP contribution in [0.25, 0.3) is 0 Å². The van der Waals surface area contributed by atoms with Crippen LogP contribution in [0.2, 0.25) is 0 Å². The second-order valence-electron chi connectivity index (χ2n) is 6.74. The van der Waals surface area contributed by atoms with E-state index in [1.54, 1.807) is 0 Å². The van der Waals surface area contributed by atoms with Gasteiger partial charge in [0.05, 0.1) is 17.6 Å². The molecule has 1 amide bonds. The van der Waals surface area contributed by atoms with E-state index in [0.29, 0.717) is 11.4 Å². The predicted molar refractivity (Wildman–Crippen MR) is 94.4 cm³/mol. The van der Waals surface area contributed by atoms with E-state index in [0.717, 1.165) is 31.9 Å². The fourth-order valence-corrected chi connectivity index (χ4v) is 3.47. The number of hydrogen-bond donors (Lipinski definition) is 3. The first-order valence-electron chi connectivity index (χ1n) is 8.19. The van der Waals surface area contributed by atoms with Crippen molar-refractivity contribution in [3.8, 4) is 0 Å². The topological polar surface area (TPSA) is 114 Å². The van der Waals surface area contributed by atoms with Crippen molar-refractivity contribution in [2.75, 3.05) is 17.3 Å². The highest BCUT2D eigenvalue weighted by molar-refractivity contribution is 7.90. The van der Waals surface area contributed by atoms with E-state index in [9.17, 15) is 13.2 Å². The molecule has 7 nitrogen and oxygen atoms in total. The average Bonchev–Trinajstić information content (AvgIpc) is 2.48. The number of nitrogen functional groups attached to an aromatic ring is 1. The number of sulfone groups is 1. The van der Waals surface area contributed by atoms with Crippen molar-refractivity contribution < 1.29 is 13.2 Å². The minimum Gasteiger partial charge on any atom is -0.396 e. The predicted octanol–water partition coefficient (Wildman–Crippen LogP) is 1.56. The number of nitrogens with zero attached hydrogens (tertiary/aromatic N) is 1. The summed E-state index contributed by atoms with van der Waals surface area (Å²) in [6, 6.07) is 1.80. The number of aromatic nitrogens is 1. The van der Waals surface area contributed by atoms with Crippen LogP contribution >= 0.6 is 0 Å². The van der Waals surface area contributed by atoms with Crippen LogP contribution in [0, 0.1) is 5.92 Å². The standard InChI is InChI=1S/C16H26N4O3S/c1-10(2)19-16(21)11-4-6-12(7-5-11)20-14-8-15(24(3,22)23)18-9-13(14)17/h8-12H,4-7,17H2,1-3H3,(H,18,20)(H,19,21)/t11-,12+. The highest BCUT2D eigenvalue weighted by atomic mass is 32.2. The van der Waals surface area contributed by atoms with E-state index < -0.39 is 9.84 Å². The largest absolute Gasteiger partial charge is 0.396 e. The van der Waals surface area contributed by atoms with Gasteiger partial charge < -0.3 is 16.4 Å². The molecule has 0 aromatic carbocycles. The maximum Gasteiger partial charge on any atom is 0.223 e. The lowest BCUT2D eigenvalue weighted by Gasteiger charge is -2.30. The number of anilines is 2. The highest BCUT2D eigenvalue weighted by Gasteiger charge is 2.27. The van der Waals surface area contributed by atoms with Gasteiger partial charge in [0.1, 0.15) is 0 Å². The molecule has 1 heterocycles. The van der Waals surface area contributed by atoms with Crippen LogP contribution in [-0.2, 0) is 14.6 Å². The number of nitrogens with one attached hydrogen (secondary N) is 2. The summed E-state index contributed by atoms with van der Waals surface area (Å²) in [5, 5.41) is 6.26. The lowest BCUT2D eigenvalue weighted by molar-refractivity contribution is -0.126. The number of carbonyl (C=O) groups excluding carboxylic acids is 1. The smallest absolute Gasteiger partial charge is 0.223 e. The molecule has 1 aliphatic rings. The van der Waals surface area contributed by atoms with Gasteiger partial charge in [0.15, 0.2) is 14.9 Å². The summed E-state index contributed by atoms with van der Waals surface area (Å²) in [5.41, 5.74) is 6.90. The van der Waals surface area contributed by atoms with Gasteiger partial charge in [-0.25, -0.2) is 13.4 Å². The first-order chi connectivity index (χ1) is 11.2. The molecule has 0 bridgehead atoms. The van der Waals surface area contributed by atoms with E-state index in [1.807, 2.05) is 13.8 Å². The van der Waals surface area contributed by atoms with Crippen molar-refractivity contribution in [2.45, 2.75) is 56.6 Å². The molecule has 0 radical (unpaired) electrons. The monoisotopic (exact) mass is 354 g/mol. The minimum absolute atomic E-state index is 0.00389. The minimum atomic E-state index is -3.37. The Balaban J connectivity index is 1.98. The summed E-state index contributed by atoms with van der Waals surface area (Å²) in [5.74, 6) is 0.165. The van der Waals surface area contributed by atoms with E-state index in [1.165, 1.54) is 12.3 Å². The van der Waals surface area contributed by atoms with Gasteiger partial charge in [-0.05, 0) is 39.5 Å². The SMILES string of the molecule is CC(C)NC(=O)[C@H]1CC[C@@H](Nc2cc(S(C)(=O)=O)ncc2N)CC1. The lowest BCUT2D eigenvalue weighted by Crippen LogP contribution is -2.38. The first kappa shape index (κ1) is 18.5. The molecule has 1 aromatic rings. The van der Waals surface area contributed by atoms with Crippen LogP contribution in [0.15, 0.2) is 17.3 Å². The first-order valence-corrected chi connectivity index (χ1v) is 10.1. The number of hydrogen-bond acceptors (Lipinski definition) is 6. The third-order valence-electron chi connectivity index (χ3n) is 4.18. The van der Waals surface area contributed by atoms with Crippen molar-refractivity contribution in [3.05, 3.63) is 12.3 Å². The molecule has 0 spiro atoms. The Kier molecular flexibility index (Phi) is 5.69. The van der Waals surface area contributed by atoms with Crippen molar-refractivity contribution in [1.29, 1.82) is 0 Å². The van der Waals surface area contributed by atoms with Gasteiger partial charge in [0.25, 0.3) is 0 Å². The van der Waals surface area contributed by atoms with Crippen LogP contribution in [0.3, 0.4) is 0 Å². The Labute approximate surface area is 143 Å². The zero-order valence-electron chi connectivity index (χ0n) is 14.4. The molecule has 24 heavy (non-hydrogen) atoms. The molecule has 2 rings (SSSR count). The molecular weight excluding hydrogens is 328 g/mol. The van der Waals surface area contributed by atoms with E-state index in [-0.39, 0.29) is 28.9 Å². The molecule has 0 aliphatic heterocycles.